The zero-order chi connectivity index (χ0) is 13.0. The van der Waals surface area contributed by atoms with Gasteiger partial charge < -0.3 is 5.32 Å². The van der Waals surface area contributed by atoms with Gasteiger partial charge in [0.25, 0.3) is 0 Å². The topological polar surface area (TPSA) is 12.0 Å². The summed E-state index contributed by atoms with van der Waals surface area (Å²) in [5.41, 5.74) is 2.22. The van der Waals surface area contributed by atoms with Crippen molar-refractivity contribution in [3.05, 3.63) is 69.7 Å². The molecule has 0 aliphatic rings. The first-order valence-corrected chi connectivity index (χ1v) is 6.63. The predicted octanol–water partition coefficient (Wildman–Crippen LogP) is 4.50. The lowest BCUT2D eigenvalue weighted by atomic mass is 9.99. The molecular formula is C15H15Cl2N. The first-order valence-electron chi connectivity index (χ1n) is 5.87. The van der Waals surface area contributed by atoms with Gasteiger partial charge in [-0.2, -0.15) is 0 Å². The van der Waals surface area contributed by atoms with Crippen molar-refractivity contribution in [3.8, 4) is 0 Å². The Bertz CT molecular complexity index is 525. The van der Waals surface area contributed by atoms with Crippen LogP contribution in [-0.2, 0) is 6.42 Å². The molecule has 0 amide bonds. The minimum atomic E-state index is 0.165. The summed E-state index contributed by atoms with van der Waals surface area (Å²) in [5, 5.41) is 4.87. The molecule has 0 radical (unpaired) electrons. The lowest BCUT2D eigenvalue weighted by Gasteiger charge is -2.18. The molecule has 0 saturated carbocycles. The molecule has 18 heavy (non-hydrogen) atoms. The number of nitrogens with one attached hydrogen (secondary N) is 1. The Morgan fingerprint density at radius 2 is 1.56 bits per heavy atom. The van der Waals surface area contributed by atoms with Crippen molar-refractivity contribution in [2.45, 2.75) is 12.5 Å². The van der Waals surface area contributed by atoms with Gasteiger partial charge in [-0.25, -0.2) is 0 Å². The molecule has 0 heterocycles. The van der Waals surface area contributed by atoms with Crippen molar-refractivity contribution >= 4 is 23.2 Å². The first-order chi connectivity index (χ1) is 8.72. The molecular weight excluding hydrogens is 265 g/mol. The summed E-state index contributed by atoms with van der Waals surface area (Å²) in [6, 6.07) is 16.0. The van der Waals surface area contributed by atoms with Gasteiger partial charge in [-0.05, 0) is 36.7 Å². The molecule has 2 rings (SSSR count). The molecule has 3 heteroatoms. The zero-order valence-electron chi connectivity index (χ0n) is 10.2. The molecule has 0 fully saturated rings. The minimum absolute atomic E-state index is 0.165. The Labute approximate surface area is 118 Å². The summed E-state index contributed by atoms with van der Waals surface area (Å²) in [6.07, 6.45) is 0.819. The standard InChI is InChI=1S/C15H15Cl2N/c1-18-15(12-7-3-5-9-14(12)17)10-11-6-2-4-8-13(11)16/h2-9,15,18H,10H2,1H3. The second-order valence-electron chi connectivity index (χ2n) is 4.16. The Hall–Kier alpha value is -1.02. The summed E-state index contributed by atoms with van der Waals surface area (Å²) in [5.74, 6) is 0. The third kappa shape index (κ3) is 3.05. The van der Waals surface area contributed by atoms with Crippen LogP contribution < -0.4 is 5.32 Å². The molecule has 1 atom stereocenters. The SMILES string of the molecule is CNC(Cc1ccccc1Cl)c1ccccc1Cl. The Morgan fingerprint density at radius 3 is 2.17 bits per heavy atom. The maximum absolute atomic E-state index is 6.23. The van der Waals surface area contributed by atoms with Gasteiger partial charge in [-0.1, -0.05) is 59.6 Å². The summed E-state index contributed by atoms with van der Waals surface area (Å²) < 4.78 is 0. The number of hydrogen-bond donors (Lipinski definition) is 1. The van der Waals surface area contributed by atoms with E-state index in [4.69, 9.17) is 23.2 Å². The molecule has 0 aromatic heterocycles. The van der Waals surface area contributed by atoms with Crippen LogP contribution in [0.1, 0.15) is 17.2 Å². The van der Waals surface area contributed by atoms with Gasteiger partial charge in [0.1, 0.15) is 0 Å². The van der Waals surface area contributed by atoms with Crippen LogP contribution in [0.3, 0.4) is 0 Å². The Morgan fingerprint density at radius 1 is 0.944 bits per heavy atom. The normalized spacial score (nSPS) is 12.4. The van der Waals surface area contributed by atoms with E-state index < -0.39 is 0 Å². The van der Waals surface area contributed by atoms with Crippen molar-refractivity contribution < 1.29 is 0 Å². The highest BCUT2D eigenvalue weighted by Gasteiger charge is 2.14. The van der Waals surface area contributed by atoms with E-state index in [1.54, 1.807) is 0 Å². The van der Waals surface area contributed by atoms with Crippen LogP contribution in [0.5, 0.6) is 0 Å². The molecule has 0 saturated heterocycles. The highest BCUT2D eigenvalue weighted by atomic mass is 35.5. The van der Waals surface area contributed by atoms with Gasteiger partial charge in [0, 0.05) is 16.1 Å². The summed E-state index contributed by atoms with van der Waals surface area (Å²) in [6.45, 7) is 0. The lowest BCUT2D eigenvalue weighted by Crippen LogP contribution is -2.19. The van der Waals surface area contributed by atoms with Gasteiger partial charge >= 0.3 is 0 Å². The van der Waals surface area contributed by atoms with Gasteiger partial charge in [-0.15, -0.1) is 0 Å². The fraction of sp³-hybridized carbons (Fsp3) is 0.200. The van der Waals surface area contributed by atoms with Crippen LogP contribution in [0.4, 0.5) is 0 Å². The minimum Gasteiger partial charge on any atom is -0.313 e. The Kier molecular flexibility index (Phi) is 4.65. The molecule has 94 valence electrons. The van der Waals surface area contributed by atoms with Crippen LogP contribution in [-0.4, -0.2) is 7.05 Å². The van der Waals surface area contributed by atoms with E-state index in [9.17, 15) is 0 Å². The summed E-state index contributed by atoms with van der Waals surface area (Å²) in [7, 11) is 1.94. The number of benzene rings is 2. The summed E-state index contributed by atoms with van der Waals surface area (Å²) >= 11 is 12.4. The third-order valence-electron chi connectivity index (χ3n) is 3.01. The molecule has 0 aliphatic carbocycles. The average molecular weight is 280 g/mol. The van der Waals surface area contributed by atoms with Gasteiger partial charge in [0.15, 0.2) is 0 Å². The molecule has 2 aromatic carbocycles. The highest BCUT2D eigenvalue weighted by molar-refractivity contribution is 6.31. The van der Waals surface area contributed by atoms with E-state index in [-0.39, 0.29) is 6.04 Å². The lowest BCUT2D eigenvalue weighted by molar-refractivity contribution is 0.592. The molecule has 0 aliphatic heterocycles. The fourth-order valence-corrected chi connectivity index (χ4v) is 2.49. The number of halogens is 2. The fourth-order valence-electron chi connectivity index (χ4n) is 2.01. The van der Waals surface area contributed by atoms with Gasteiger partial charge in [0.05, 0.1) is 0 Å². The number of hydrogen-bond acceptors (Lipinski definition) is 1. The molecule has 0 bridgehead atoms. The van der Waals surface area contributed by atoms with E-state index >= 15 is 0 Å². The maximum Gasteiger partial charge on any atom is 0.0453 e. The van der Waals surface area contributed by atoms with Crippen LogP contribution in [0.25, 0.3) is 0 Å². The second kappa shape index (κ2) is 6.24. The van der Waals surface area contributed by atoms with E-state index in [0.29, 0.717) is 0 Å². The zero-order valence-corrected chi connectivity index (χ0v) is 11.7. The highest BCUT2D eigenvalue weighted by Crippen LogP contribution is 2.27. The van der Waals surface area contributed by atoms with Crippen LogP contribution >= 0.6 is 23.2 Å². The monoisotopic (exact) mass is 279 g/mol. The van der Waals surface area contributed by atoms with E-state index in [0.717, 1.165) is 27.6 Å². The van der Waals surface area contributed by atoms with Crippen molar-refractivity contribution in [1.29, 1.82) is 0 Å². The van der Waals surface area contributed by atoms with E-state index in [2.05, 4.69) is 5.32 Å². The Balaban J connectivity index is 2.26. The summed E-state index contributed by atoms with van der Waals surface area (Å²) in [4.78, 5) is 0. The van der Waals surface area contributed by atoms with Crippen LogP contribution in [0.2, 0.25) is 10.0 Å². The van der Waals surface area contributed by atoms with Gasteiger partial charge in [-0.3, -0.25) is 0 Å². The number of rotatable bonds is 4. The molecule has 2 aromatic rings. The van der Waals surface area contributed by atoms with Crippen LogP contribution in [0, 0.1) is 0 Å². The molecule has 1 unspecified atom stereocenters. The molecule has 1 N–H and O–H groups in total. The predicted molar refractivity (Wildman–Crippen MR) is 78.4 cm³/mol. The largest absolute Gasteiger partial charge is 0.313 e. The van der Waals surface area contributed by atoms with E-state index in [1.165, 1.54) is 0 Å². The van der Waals surface area contributed by atoms with E-state index in [1.807, 2.05) is 55.6 Å². The quantitative estimate of drug-likeness (QED) is 0.869. The van der Waals surface area contributed by atoms with Crippen molar-refractivity contribution in [2.24, 2.45) is 0 Å². The molecule has 1 nitrogen and oxygen atoms in total. The molecule has 0 spiro atoms. The smallest absolute Gasteiger partial charge is 0.0453 e. The maximum atomic E-state index is 6.23. The van der Waals surface area contributed by atoms with Crippen molar-refractivity contribution in [3.63, 3.8) is 0 Å². The third-order valence-corrected chi connectivity index (χ3v) is 3.72. The van der Waals surface area contributed by atoms with Gasteiger partial charge in [0.2, 0.25) is 0 Å². The second-order valence-corrected chi connectivity index (χ2v) is 4.97. The van der Waals surface area contributed by atoms with Crippen molar-refractivity contribution in [1.82, 2.24) is 5.32 Å². The van der Waals surface area contributed by atoms with Crippen molar-refractivity contribution in [2.75, 3.05) is 7.05 Å². The van der Waals surface area contributed by atoms with Crippen LogP contribution in [0.15, 0.2) is 48.5 Å². The average Bonchev–Trinajstić information content (AvgIpc) is 2.39. The first kappa shape index (κ1) is 13.4. The number of likely N-dealkylation sites (N-methyl/N-ethyl adjacent to an activating group) is 1.